The summed E-state index contributed by atoms with van der Waals surface area (Å²) in [6, 6.07) is 3.99. The van der Waals surface area contributed by atoms with Crippen molar-refractivity contribution in [2.75, 3.05) is 12.4 Å². The lowest BCUT2D eigenvalue weighted by atomic mass is 10.2. The smallest absolute Gasteiger partial charge is 0.223 e. The minimum Gasteiger partial charge on any atom is -0.469 e. The number of carbonyl (C=O) groups is 1. The van der Waals surface area contributed by atoms with Gasteiger partial charge in [-0.15, -0.1) is 11.6 Å². The minimum absolute atomic E-state index is 0.194. The van der Waals surface area contributed by atoms with Crippen LogP contribution in [0.3, 0.4) is 0 Å². The second kappa shape index (κ2) is 5.39. The van der Waals surface area contributed by atoms with Crippen LogP contribution in [0.1, 0.15) is 25.0 Å². The molecule has 1 aromatic heterocycles. The van der Waals surface area contributed by atoms with Gasteiger partial charge in [0, 0.05) is 31.3 Å². The highest BCUT2D eigenvalue weighted by atomic mass is 35.5. The van der Waals surface area contributed by atoms with Gasteiger partial charge in [0.15, 0.2) is 0 Å². The molecule has 1 aliphatic rings. The summed E-state index contributed by atoms with van der Waals surface area (Å²) in [5.41, 5.74) is 0. The van der Waals surface area contributed by atoms with E-state index in [1.165, 1.54) is 0 Å². The summed E-state index contributed by atoms with van der Waals surface area (Å²) in [6.45, 7) is 0.856. The molecule has 0 aliphatic carbocycles. The fraction of sp³-hybridized carbons (Fsp3) is 0.583. The Bertz CT molecular complexity index is 337. The average molecular weight is 242 g/mol. The van der Waals surface area contributed by atoms with Gasteiger partial charge >= 0.3 is 0 Å². The molecule has 0 aromatic carbocycles. The first-order chi connectivity index (χ1) is 7.81. The molecular weight excluding hydrogens is 226 g/mol. The number of hydrogen-bond acceptors (Lipinski definition) is 2. The van der Waals surface area contributed by atoms with Gasteiger partial charge in [0.1, 0.15) is 5.76 Å². The first-order valence-corrected chi connectivity index (χ1v) is 6.22. The third kappa shape index (κ3) is 2.59. The standard InChI is InChI=1S/C12H16ClNO2/c13-9-10-3-1-7-14(10)12(15)6-5-11-4-2-8-16-11/h2,4,8,10H,1,3,5-7,9H2. The van der Waals surface area contributed by atoms with Crippen LogP contribution in [0.5, 0.6) is 0 Å². The van der Waals surface area contributed by atoms with Gasteiger partial charge in [0.2, 0.25) is 5.91 Å². The Hall–Kier alpha value is -0.960. The minimum atomic E-state index is 0.194. The maximum Gasteiger partial charge on any atom is 0.223 e. The summed E-state index contributed by atoms with van der Waals surface area (Å²) in [5.74, 6) is 1.61. The average Bonchev–Trinajstić information content (AvgIpc) is 2.96. The van der Waals surface area contributed by atoms with Crippen LogP contribution >= 0.6 is 11.6 Å². The van der Waals surface area contributed by atoms with Crippen LogP contribution in [-0.4, -0.2) is 29.3 Å². The summed E-state index contributed by atoms with van der Waals surface area (Å²) in [4.78, 5) is 13.8. The Morgan fingerprint density at radius 3 is 3.19 bits per heavy atom. The molecule has 1 aromatic rings. The molecule has 2 rings (SSSR count). The Kier molecular flexibility index (Phi) is 3.88. The Balaban J connectivity index is 1.83. The lowest BCUT2D eigenvalue weighted by Gasteiger charge is -2.22. The number of halogens is 1. The van der Waals surface area contributed by atoms with Gasteiger partial charge in [0.05, 0.1) is 6.26 Å². The van der Waals surface area contributed by atoms with Crippen LogP contribution in [-0.2, 0) is 11.2 Å². The lowest BCUT2D eigenvalue weighted by Crippen LogP contribution is -2.36. The van der Waals surface area contributed by atoms with E-state index in [0.29, 0.717) is 18.7 Å². The predicted octanol–water partition coefficient (Wildman–Crippen LogP) is 2.44. The van der Waals surface area contributed by atoms with Gasteiger partial charge in [0.25, 0.3) is 0 Å². The molecule has 4 heteroatoms. The molecule has 0 spiro atoms. The maximum absolute atomic E-state index is 11.9. The zero-order chi connectivity index (χ0) is 11.4. The van der Waals surface area contributed by atoms with E-state index in [2.05, 4.69) is 0 Å². The Labute approximate surface area is 100 Å². The topological polar surface area (TPSA) is 33.5 Å². The van der Waals surface area contributed by atoms with Crippen LogP contribution in [0.15, 0.2) is 22.8 Å². The molecule has 0 bridgehead atoms. The molecule has 0 N–H and O–H groups in total. The summed E-state index contributed by atoms with van der Waals surface area (Å²) in [7, 11) is 0. The van der Waals surface area contributed by atoms with Crippen molar-refractivity contribution in [1.29, 1.82) is 0 Å². The molecule has 1 unspecified atom stereocenters. The molecule has 0 radical (unpaired) electrons. The van der Waals surface area contributed by atoms with E-state index >= 15 is 0 Å². The van der Waals surface area contributed by atoms with Gasteiger partial charge in [-0.1, -0.05) is 0 Å². The van der Waals surface area contributed by atoms with Crippen LogP contribution in [0.4, 0.5) is 0 Å². The van der Waals surface area contributed by atoms with Gasteiger partial charge in [-0.05, 0) is 25.0 Å². The molecular formula is C12H16ClNO2. The van der Waals surface area contributed by atoms with E-state index in [4.69, 9.17) is 16.0 Å². The molecule has 16 heavy (non-hydrogen) atoms. The third-order valence-corrected chi connectivity index (χ3v) is 3.40. The van der Waals surface area contributed by atoms with Crippen molar-refractivity contribution in [1.82, 2.24) is 4.90 Å². The number of alkyl halides is 1. The van der Waals surface area contributed by atoms with E-state index in [0.717, 1.165) is 25.1 Å². The Morgan fingerprint density at radius 2 is 2.50 bits per heavy atom. The summed E-state index contributed by atoms with van der Waals surface area (Å²) < 4.78 is 5.20. The Morgan fingerprint density at radius 1 is 1.62 bits per heavy atom. The van der Waals surface area contributed by atoms with Crippen LogP contribution in [0.25, 0.3) is 0 Å². The van der Waals surface area contributed by atoms with Crippen LogP contribution < -0.4 is 0 Å². The van der Waals surface area contributed by atoms with Gasteiger partial charge in [-0.3, -0.25) is 4.79 Å². The van der Waals surface area contributed by atoms with Crippen molar-refractivity contribution in [3.8, 4) is 0 Å². The normalized spacial score (nSPS) is 20.3. The zero-order valence-corrected chi connectivity index (χ0v) is 9.95. The van der Waals surface area contributed by atoms with E-state index < -0.39 is 0 Å². The first-order valence-electron chi connectivity index (χ1n) is 5.69. The summed E-state index contributed by atoms with van der Waals surface area (Å²) in [5, 5.41) is 0. The van der Waals surface area contributed by atoms with Crippen molar-refractivity contribution in [2.24, 2.45) is 0 Å². The first kappa shape index (κ1) is 11.5. The number of nitrogens with zero attached hydrogens (tertiary/aromatic N) is 1. The number of carbonyl (C=O) groups excluding carboxylic acids is 1. The quantitative estimate of drug-likeness (QED) is 0.759. The molecule has 88 valence electrons. The number of hydrogen-bond donors (Lipinski definition) is 0. The van der Waals surface area contributed by atoms with E-state index in [1.807, 2.05) is 17.0 Å². The number of aryl methyl sites for hydroxylation is 1. The van der Waals surface area contributed by atoms with Crippen molar-refractivity contribution in [3.63, 3.8) is 0 Å². The molecule has 1 atom stereocenters. The molecule has 1 aliphatic heterocycles. The monoisotopic (exact) mass is 241 g/mol. The van der Waals surface area contributed by atoms with Crippen molar-refractivity contribution < 1.29 is 9.21 Å². The fourth-order valence-electron chi connectivity index (χ4n) is 2.15. The lowest BCUT2D eigenvalue weighted by molar-refractivity contribution is -0.131. The van der Waals surface area contributed by atoms with Gasteiger partial charge < -0.3 is 9.32 Å². The van der Waals surface area contributed by atoms with E-state index in [1.54, 1.807) is 6.26 Å². The third-order valence-electron chi connectivity index (χ3n) is 3.04. The number of rotatable bonds is 4. The fourth-order valence-corrected chi connectivity index (χ4v) is 2.47. The number of furan rings is 1. The van der Waals surface area contributed by atoms with Gasteiger partial charge in [-0.25, -0.2) is 0 Å². The molecule has 2 heterocycles. The number of amides is 1. The van der Waals surface area contributed by atoms with E-state index in [9.17, 15) is 4.79 Å². The molecule has 1 fully saturated rings. The predicted molar refractivity (Wildman–Crippen MR) is 62.5 cm³/mol. The van der Waals surface area contributed by atoms with Crippen molar-refractivity contribution in [3.05, 3.63) is 24.2 Å². The highest BCUT2D eigenvalue weighted by Gasteiger charge is 2.27. The highest BCUT2D eigenvalue weighted by molar-refractivity contribution is 6.18. The maximum atomic E-state index is 11.9. The molecule has 1 amide bonds. The second-order valence-corrected chi connectivity index (χ2v) is 4.43. The largest absolute Gasteiger partial charge is 0.469 e. The van der Waals surface area contributed by atoms with Crippen molar-refractivity contribution in [2.45, 2.75) is 31.7 Å². The van der Waals surface area contributed by atoms with Gasteiger partial charge in [-0.2, -0.15) is 0 Å². The molecule has 3 nitrogen and oxygen atoms in total. The second-order valence-electron chi connectivity index (χ2n) is 4.12. The SMILES string of the molecule is O=C(CCc1ccco1)N1CCCC1CCl. The molecule has 1 saturated heterocycles. The zero-order valence-electron chi connectivity index (χ0n) is 9.19. The molecule has 0 saturated carbocycles. The summed E-state index contributed by atoms with van der Waals surface area (Å²) >= 11 is 5.83. The van der Waals surface area contributed by atoms with E-state index in [-0.39, 0.29) is 11.9 Å². The van der Waals surface area contributed by atoms with Crippen LogP contribution in [0, 0.1) is 0 Å². The summed E-state index contributed by atoms with van der Waals surface area (Å²) in [6.07, 6.45) is 4.94. The van der Waals surface area contributed by atoms with Crippen molar-refractivity contribution >= 4 is 17.5 Å². The van der Waals surface area contributed by atoms with Crippen LogP contribution in [0.2, 0.25) is 0 Å². The highest BCUT2D eigenvalue weighted by Crippen LogP contribution is 2.19. The number of likely N-dealkylation sites (tertiary alicyclic amines) is 1.